The molecule has 0 bridgehead atoms. The Balaban J connectivity index is 2.38. The lowest BCUT2D eigenvalue weighted by Crippen LogP contribution is -2.17. The van der Waals surface area contributed by atoms with Crippen LogP contribution in [0.2, 0.25) is 0 Å². The van der Waals surface area contributed by atoms with E-state index in [1.54, 1.807) is 7.11 Å². The minimum Gasteiger partial charge on any atom is -0.383 e. The van der Waals surface area contributed by atoms with Crippen molar-refractivity contribution in [2.45, 2.75) is 32.2 Å². The predicted octanol–water partition coefficient (Wildman–Crippen LogP) is 2.68. The maximum Gasteiger partial charge on any atom is 0.258 e. The fourth-order valence-corrected chi connectivity index (χ4v) is 2.07. The fourth-order valence-electron chi connectivity index (χ4n) is 2.07. The molecule has 1 aromatic carbocycles. The van der Waals surface area contributed by atoms with Gasteiger partial charge >= 0.3 is 0 Å². The van der Waals surface area contributed by atoms with Gasteiger partial charge in [-0.3, -0.25) is 0 Å². The van der Waals surface area contributed by atoms with E-state index in [0.717, 1.165) is 11.1 Å². The van der Waals surface area contributed by atoms with Crippen LogP contribution in [-0.4, -0.2) is 23.9 Å². The molecule has 1 aromatic heterocycles. The highest BCUT2D eigenvalue weighted by molar-refractivity contribution is 5.60. The lowest BCUT2D eigenvalue weighted by Gasteiger charge is -2.21. The summed E-state index contributed by atoms with van der Waals surface area (Å²) in [5.74, 6) is 0.961. The molecule has 20 heavy (non-hydrogen) atoms. The van der Waals surface area contributed by atoms with Crippen LogP contribution in [0.3, 0.4) is 0 Å². The number of methoxy groups -OCH3 is 1. The molecule has 1 heterocycles. The van der Waals surface area contributed by atoms with E-state index in [9.17, 15) is 0 Å². The normalized spacial score (nSPS) is 13.4. The Morgan fingerprint density at radius 1 is 1.30 bits per heavy atom. The summed E-state index contributed by atoms with van der Waals surface area (Å²) in [6, 6.07) is 7.66. The molecule has 0 radical (unpaired) electrons. The quantitative estimate of drug-likeness (QED) is 0.928. The fraction of sp³-hybridized carbons (Fsp3) is 0.467. The molecule has 0 saturated carbocycles. The van der Waals surface area contributed by atoms with Gasteiger partial charge in [0, 0.05) is 12.7 Å². The smallest absolute Gasteiger partial charge is 0.258 e. The van der Waals surface area contributed by atoms with Gasteiger partial charge in [-0.2, -0.15) is 4.98 Å². The number of hydrogen-bond acceptors (Lipinski definition) is 5. The average molecular weight is 275 g/mol. The molecule has 0 aliphatic carbocycles. The average Bonchev–Trinajstić information content (AvgIpc) is 2.87. The van der Waals surface area contributed by atoms with Crippen LogP contribution in [0.1, 0.15) is 38.2 Å². The van der Waals surface area contributed by atoms with Crippen molar-refractivity contribution in [2.24, 2.45) is 5.73 Å². The van der Waals surface area contributed by atoms with Gasteiger partial charge in [0.05, 0.1) is 12.6 Å². The Morgan fingerprint density at radius 2 is 2.00 bits per heavy atom. The molecule has 0 spiro atoms. The van der Waals surface area contributed by atoms with E-state index < -0.39 is 0 Å². The summed E-state index contributed by atoms with van der Waals surface area (Å²) in [4.78, 5) is 4.39. The third kappa shape index (κ3) is 3.05. The summed E-state index contributed by atoms with van der Waals surface area (Å²) in [6.45, 7) is 6.82. The number of nitrogens with zero attached hydrogens (tertiary/aromatic N) is 2. The van der Waals surface area contributed by atoms with Crippen molar-refractivity contribution in [2.75, 3.05) is 13.7 Å². The van der Waals surface area contributed by atoms with Crippen LogP contribution in [0.25, 0.3) is 11.5 Å². The Hall–Kier alpha value is -1.72. The number of hydrogen-bond donors (Lipinski definition) is 1. The number of rotatable bonds is 4. The van der Waals surface area contributed by atoms with Gasteiger partial charge in [-0.1, -0.05) is 44.1 Å². The van der Waals surface area contributed by atoms with Crippen molar-refractivity contribution in [3.8, 4) is 11.5 Å². The molecule has 108 valence electrons. The van der Waals surface area contributed by atoms with Crippen molar-refractivity contribution in [3.05, 3.63) is 35.7 Å². The summed E-state index contributed by atoms with van der Waals surface area (Å²) in [7, 11) is 1.59. The Kier molecular flexibility index (Phi) is 4.20. The van der Waals surface area contributed by atoms with Gasteiger partial charge < -0.3 is 15.0 Å². The van der Waals surface area contributed by atoms with Crippen molar-refractivity contribution in [1.29, 1.82) is 0 Å². The molecule has 0 amide bonds. The third-order valence-corrected chi connectivity index (χ3v) is 3.09. The molecular weight excluding hydrogens is 254 g/mol. The second kappa shape index (κ2) is 5.73. The highest BCUT2D eigenvalue weighted by atomic mass is 16.5. The van der Waals surface area contributed by atoms with E-state index in [2.05, 4.69) is 37.0 Å². The maximum atomic E-state index is 5.91. The highest BCUT2D eigenvalue weighted by Crippen LogP contribution is 2.32. The first kappa shape index (κ1) is 14.7. The molecule has 2 aromatic rings. The summed E-state index contributed by atoms with van der Waals surface area (Å²) < 4.78 is 10.4. The molecule has 1 unspecified atom stereocenters. The minimum absolute atomic E-state index is 0.000127. The molecule has 0 fully saturated rings. The minimum atomic E-state index is -0.376. The van der Waals surface area contributed by atoms with Gasteiger partial charge in [-0.05, 0) is 17.0 Å². The summed E-state index contributed by atoms with van der Waals surface area (Å²) in [6.07, 6.45) is 0. The number of benzene rings is 1. The maximum absolute atomic E-state index is 5.91. The predicted molar refractivity (Wildman–Crippen MR) is 77.2 cm³/mol. The Bertz CT molecular complexity index is 572. The van der Waals surface area contributed by atoms with Gasteiger partial charge in [-0.15, -0.1) is 0 Å². The topological polar surface area (TPSA) is 74.2 Å². The second-order valence-corrected chi connectivity index (χ2v) is 5.82. The van der Waals surface area contributed by atoms with Crippen molar-refractivity contribution < 1.29 is 9.26 Å². The summed E-state index contributed by atoms with van der Waals surface area (Å²) in [5, 5.41) is 3.94. The number of ether oxygens (including phenoxy) is 1. The molecule has 1 atom stereocenters. The molecule has 5 heteroatoms. The molecule has 5 nitrogen and oxygen atoms in total. The van der Waals surface area contributed by atoms with Crippen LogP contribution in [0.15, 0.2) is 28.8 Å². The Morgan fingerprint density at radius 3 is 2.65 bits per heavy atom. The molecule has 0 saturated heterocycles. The van der Waals surface area contributed by atoms with Gasteiger partial charge in [-0.25, -0.2) is 0 Å². The lowest BCUT2D eigenvalue weighted by molar-refractivity contribution is 0.177. The zero-order chi connectivity index (χ0) is 14.8. The Labute approximate surface area is 119 Å². The van der Waals surface area contributed by atoms with Crippen molar-refractivity contribution >= 4 is 0 Å². The van der Waals surface area contributed by atoms with Gasteiger partial charge in [0.15, 0.2) is 5.82 Å². The first-order chi connectivity index (χ1) is 9.43. The SMILES string of the molecule is COCC(N)c1noc(-c2ccccc2C(C)(C)C)n1. The molecule has 0 aliphatic heterocycles. The van der Waals surface area contributed by atoms with Crippen LogP contribution in [0.5, 0.6) is 0 Å². The van der Waals surface area contributed by atoms with E-state index in [0.29, 0.717) is 18.3 Å². The summed E-state index contributed by atoms with van der Waals surface area (Å²) in [5.41, 5.74) is 8.02. The van der Waals surface area contributed by atoms with E-state index >= 15 is 0 Å². The monoisotopic (exact) mass is 275 g/mol. The zero-order valence-corrected chi connectivity index (χ0v) is 12.4. The third-order valence-electron chi connectivity index (χ3n) is 3.09. The molecule has 2 rings (SSSR count). The number of aromatic nitrogens is 2. The van der Waals surface area contributed by atoms with Gasteiger partial charge in [0.25, 0.3) is 5.89 Å². The highest BCUT2D eigenvalue weighted by Gasteiger charge is 2.22. The van der Waals surface area contributed by atoms with E-state index in [1.807, 2.05) is 18.2 Å². The van der Waals surface area contributed by atoms with Gasteiger partial charge in [0.1, 0.15) is 0 Å². The largest absolute Gasteiger partial charge is 0.383 e. The molecule has 0 aliphatic rings. The van der Waals surface area contributed by atoms with Gasteiger partial charge in [0.2, 0.25) is 0 Å². The second-order valence-electron chi connectivity index (χ2n) is 5.82. The van der Waals surface area contributed by atoms with Crippen molar-refractivity contribution in [3.63, 3.8) is 0 Å². The van der Waals surface area contributed by atoms with Crippen molar-refractivity contribution in [1.82, 2.24) is 10.1 Å². The first-order valence-corrected chi connectivity index (χ1v) is 6.61. The lowest BCUT2D eigenvalue weighted by atomic mass is 9.84. The van der Waals surface area contributed by atoms with Crippen LogP contribution in [0, 0.1) is 0 Å². The van der Waals surface area contributed by atoms with E-state index in [1.165, 1.54) is 0 Å². The van der Waals surface area contributed by atoms with E-state index in [4.69, 9.17) is 15.0 Å². The zero-order valence-electron chi connectivity index (χ0n) is 12.4. The van der Waals surface area contributed by atoms with Crippen LogP contribution < -0.4 is 5.73 Å². The summed E-state index contributed by atoms with van der Waals surface area (Å²) >= 11 is 0. The van der Waals surface area contributed by atoms with Crippen LogP contribution in [-0.2, 0) is 10.2 Å². The molecular formula is C15H21N3O2. The van der Waals surface area contributed by atoms with Crippen LogP contribution >= 0.6 is 0 Å². The van der Waals surface area contributed by atoms with Crippen LogP contribution in [0.4, 0.5) is 0 Å². The van der Waals surface area contributed by atoms with E-state index in [-0.39, 0.29) is 11.5 Å². The number of nitrogens with two attached hydrogens (primary N) is 1. The molecule has 2 N–H and O–H groups in total. The first-order valence-electron chi connectivity index (χ1n) is 6.61. The standard InChI is InChI=1S/C15H21N3O2/c1-15(2,3)11-8-6-5-7-10(11)14-17-13(18-20-14)12(16)9-19-4/h5-8,12H,9,16H2,1-4H3.